The van der Waals surface area contributed by atoms with Gasteiger partial charge < -0.3 is 0 Å². The molecule has 0 fully saturated rings. The molecule has 0 saturated carbocycles. The maximum Gasteiger partial charge on any atom is 0.311 e. The minimum atomic E-state index is -0.642. The number of imidazole rings is 1. The largest absolute Gasteiger partial charge is 0.311 e. The maximum absolute atomic E-state index is 2.61. The molecule has 14 rings (SSSR count). The summed E-state index contributed by atoms with van der Waals surface area (Å²) >= 11 is 0. The van der Waals surface area contributed by atoms with Crippen LogP contribution in [-0.2, 0) is 11.1 Å². The third-order valence-electron chi connectivity index (χ3n) is 12.8. The van der Waals surface area contributed by atoms with Gasteiger partial charge in [-0.25, -0.2) is 0 Å². The van der Waals surface area contributed by atoms with Crippen LogP contribution in [0.25, 0.3) is 66.1 Å². The number of benzene rings is 6. The van der Waals surface area contributed by atoms with Crippen LogP contribution in [0.5, 0.6) is 0 Å². The van der Waals surface area contributed by atoms with Gasteiger partial charge in [-0.2, -0.15) is 18.1 Å². The molecule has 4 heteroatoms. The van der Waals surface area contributed by atoms with E-state index in [1.165, 1.54) is 99.5 Å². The first kappa shape index (κ1) is 24.6. The standard InChI is InChI=1S/C46H26N4/c1-5-15-33-27(11-1)28-12-2-6-16-34(28)45(33)35-22-20-31-29-13-3-7-17-37(29)47-25-26-49-44(47)40(31)41(35)46(49)42-36(45)23-21-32-30-14-4-8-18-38(30)50(43(32)42)39-19-9-10-24-48(39)46/h1-26H/q+2. The molecule has 0 N–H and O–H groups in total. The second-order valence-corrected chi connectivity index (χ2v) is 14.5. The van der Waals surface area contributed by atoms with Crippen LogP contribution in [0.2, 0.25) is 0 Å². The fourth-order valence-electron chi connectivity index (χ4n) is 11.3. The molecule has 6 heterocycles. The molecule has 2 aliphatic carbocycles. The number of para-hydroxylation sites is 2. The quantitative estimate of drug-likeness (QED) is 0.118. The highest BCUT2D eigenvalue weighted by atomic mass is 15.4. The van der Waals surface area contributed by atoms with E-state index >= 15 is 0 Å². The van der Waals surface area contributed by atoms with Crippen molar-refractivity contribution < 1.29 is 9.13 Å². The highest BCUT2D eigenvalue weighted by Crippen LogP contribution is 2.65. The number of pyridine rings is 2. The molecule has 0 bridgehead atoms. The molecule has 10 aromatic rings. The Labute approximate surface area is 285 Å². The van der Waals surface area contributed by atoms with Crippen molar-refractivity contribution in [3.05, 3.63) is 191 Å². The minimum absolute atomic E-state index is 0.496. The third-order valence-corrected chi connectivity index (χ3v) is 12.8. The Morgan fingerprint density at radius 3 is 1.90 bits per heavy atom. The number of nitrogens with zero attached hydrogens (tertiary/aromatic N) is 4. The Balaban J connectivity index is 1.35. The van der Waals surface area contributed by atoms with Gasteiger partial charge in [-0.1, -0.05) is 103 Å². The topological polar surface area (TPSA) is 17.1 Å². The molecule has 1 unspecified atom stereocenters. The van der Waals surface area contributed by atoms with Gasteiger partial charge in [-0.3, -0.25) is 0 Å². The van der Waals surface area contributed by atoms with Gasteiger partial charge in [-0.15, -0.1) is 0 Å². The average molecular weight is 635 g/mol. The van der Waals surface area contributed by atoms with Crippen LogP contribution in [0.4, 0.5) is 0 Å². The van der Waals surface area contributed by atoms with E-state index in [4.69, 9.17) is 0 Å². The maximum atomic E-state index is 2.61. The molecule has 4 nitrogen and oxygen atoms in total. The second kappa shape index (κ2) is 7.69. The predicted molar refractivity (Wildman–Crippen MR) is 196 cm³/mol. The van der Waals surface area contributed by atoms with Gasteiger partial charge >= 0.3 is 5.66 Å². The monoisotopic (exact) mass is 634 g/mol. The van der Waals surface area contributed by atoms with Crippen molar-refractivity contribution in [3.8, 4) is 16.9 Å². The fraction of sp³-hybridized carbons (Fsp3) is 0.0435. The first-order valence-electron chi connectivity index (χ1n) is 17.5. The Bertz CT molecular complexity index is 3240. The van der Waals surface area contributed by atoms with Crippen LogP contribution in [0.15, 0.2) is 158 Å². The van der Waals surface area contributed by atoms with Gasteiger partial charge in [0.25, 0.3) is 11.5 Å². The summed E-state index contributed by atoms with van der Waals surface area (Å²) in [4.78, 5) is 0. The summed E-state index contributed by atoms with van der Waals surface area (Å²) in [7, 11) is 0. The molecule has 1 atom stereocenters. The van der Waals surface area contributed by atoms with Crippen molar-refractivity contribution in [2.75, 3.05) is 0 Å². The van der Waals surface area contributed by atoms with E-state index in [1.54, 1.807) is 0 Å². The summed E-state index contributed by atoms with van der Waals surface area (Å²) in [6.07, 6.45) is 6.97. The molecule has 0 saturated heterocycles. The van der Waals surface area contributed by atoms with Crippen LogP contribution >= 0.6 is 0 Å². The number of rotatable bonds is 0. The van der Waals surface area contributed by atoms with Crippen LogP contribution < -0.4 is 9.13 Å². The lowest BCUT2D eigenvalue weighted by atomic mass is 9.58. The van der Waals surface area contributed by atoms with Crippen molar-refractivity contribution >= 4 is 49.1 Å². The smallest absolute Gasteiger partial charge is 0.195 e. The Hall–Kier alpha value is -6.52. The second-order valence-electron chi connectivity index (χ2n) is 14.5. The first-order chi connectivity index (χ1) is 24.8. The van der Waals surface area contributed by atoms with Gasteiger partial charge in [0.15, 0.2) is 5.52 Å². The van der Waals surface area contributed by atoms with E-state index in [2.05, 4.69) is 176 Å². The molecule has 228 valence electrons. The Kier molecular flexibility index (Phi) is 3.78. The van der Waals surface area contributed by atoms with E-state index < -0.39 is 11.1 Å². The summed E-state index contributed by atoms with van der Waals surface area (Å²) in [6.45, 7) is 0. The molecule has 50 heavy (non-hydrogen) atoms. The predicted octanol–water partition coefficient (Wildman–Crippen LogP) is 8.52. The number of fused-ring (bicyclic) bond motifs is 15. The highest BCUT2D eigenvalue weighted by Gasteiger charge is 2.68. The van der Waals surface area contributed by atoms with Gasteiger partial charge in [0.05, 0.1) is 22.6 Å². The lowest BCUT2D eigenvalue weighted by Gasteiger charge is -2.45. The van der Waals surface area contributed by atoms with Crippen LogP contribution in [0, 0.1) is 0 Å². The van der Waals surface area contributed by atoms with Crippen molar-refractivity contribution in [2.45, 2.75) is 11.1 Å². The molecule has 2 aliphatic heterocycles. The number of hydrogen-bond donors (Lipinski definition) is 0. The molecule has 0 amide bonds. The summed E-state index contributed by atoms with van der Waals surface area (Å²) in [5.74, 6) is 1.18. The van der Waals surface area contributed by atoms with E-state index in [1.807, 2.05) is 0 Å². The normalized spacial score (nSPS) is 17.8. The Morgan fingerprint density at radius 2 is 1.10 bits per heavy atom. The molecule has 2 spiro atoms. The molecular weight excluding hydrogens is 609 g/mol. The van der Waals surface area contributed by atoms with Crippen molar-refractivity contribution in [3.63, 3.8) is 0 Å². The highest BCUT2D eigenvalue weighted by molar-refractivity contribution is 6.16. The van der Waals surface area contributed by atoms with Gasteiger partial charge in [0.2, 0.25) is 0 Å². The molecule has 6 aromatic carbocycles. The van der Waals surface area contributed by atoms with Crippen molar-refractivity contribution in [2.24, 2.45) is 0 Å². The summed E-state index contributed by atoms with van der Waals surface area (Å²) in [5, 5.41) is 6.53. The summed E-state index contributed by atoms with van der Waals surface area (Å²) in [6, 6.07) is 52.8. The summed E-state index contributed by atoms with van der Waals surface area (Å²) < 4.78 is 10.2. The zero-order valence-corrected chi connectivity index (χ0v) is 26.8. The minimum Gasteiger partial charge on any atom is -0.195 e. The molecule has 0 radical (unpaired) electrons. The van der Waals surface area contributed by atoms with Gasteiger partial charge in [-0.05, 0) is 63.7 Å². The van der Waals surface area contributed by atoms with E-state index in [0.29, 0.717) is 0 Å². The van der Waals surface area contributed by atoms with Crippen LogP contribution in [0.1, 0.15) is 33.4 Å². The number of aromatic nitrogens is 4. The Morgan fingerprint density at radius 1 is 0.460 bits per heavy atom. The molecule has 4 aliphatic rings. The summed E-state index contributed by atoms with van der Waals surface area (Å²) in [5.41, 5.74) is 14.8. The van der Waals surface area contributed by atoms with E-state index in [0.717, 1.165) is 0 Å². The van der Waals surface area contributed by atoms with E-state index in [-0.39, 0.29) is 0 Å². The third kappa shape index (κ3) is 2.21. The van der Waals surface area contributed by atoms with Gasteiger partial charge in [0, 0.05) is 27.6 Å². The van der Waals surface area contributed by atoms with Crippen molar-refractivity contribution in [1.82, 2.24) is 8.97 Å². The van der Waals surface area contributed by atoms with Crippen molar-refractivity contribution in [1.29, 1.82) is 0 Å². The van der Waals surface area contributed by atoms with Crippen LogP contribution in [0.3, 0.4) is 0 Å². The van der Waals surface area contributed by atoms with Crippen LogP contribution in [-0.4, -0.2) is 8.97 Å². The zero-order chi connectivity index (χ0) is 32.1. The zero-order valence-electron chi connectivity index (χ0n) is 26.8. The van der Waals surface area contributed by atoms with Gasteiger partial charge in [0.1, 0.15) is 29.0 Å². The number of hydrogen-bond acceptors (Lipinski definition) is 0. The molecular formula is C46H26N4+2. The SMILES string of the molecule is c1ccc2c(c1)-c1ccccc1C21c2ccc3c4ccccc4n4cc[n+]5c4c3c2C52c3c1ccc1c4ccccc4n(c31)-c1cccc[n+]12. The van der Waals surface area contributed by atoms with E-state index in [9.17, 15) is 0 Å². The first-order valence-corrected chi connectivity index (χ1v) is 17.5. The fourth-order valence-corrected chi connectivity index (χ4v) is 11.3. The lowest BCUT2D eigenvalue weighted by Crippen LogP contribution is -2.76. The average Bonchev–Trinajstić information content (AvgIpc) is 3.92. The molecule has 4 aromatic heterocycles. The lowest BCUT2D eigenvalue weighted by molar-refractivity contribution is -0.956.